The fourth-order valence-electron chi connectivity index (χ4n) is 5.33. The minimum atomic E-state index is -1.48. The van der Waals surface area contributed by atoms with E-state index in [2.05, 4.69) is 10.6 Å². The molecule has 1 spiro atoms. The molecule has 4 atom stereocenters. The number of rotatable bonds is 5. The lowest BCUT2D eigenvalue weighted by atomic mass is 9.76. The standard InChI is InChI=1S/C23H20Cl2N4O4/c24-12-5-6-15-13(9-12)23(22(33)27-15)19-18(16(28-23)7-8-17(26)30)20(31)29(21(19)32)10-11-3-1-2-4-14(11)25/h1-6,9,16,18-19,28H,7-8,10H2,(H2,26,30)(H,27,33)/t16?,18-,19+,23?/m1/s1. The molecule has 2 saturated heterocycles. The highest BCUT2D eigenvalue weighted by Crippen LogP contribution is 2.54. The summed E-state index contributed by atoms with van der Waals surface area (Å²) in [5.41, 5.74) is 5.52. The third kappa shape index (κ3) is 3.24. The van der Waals surface area contributed by atoms with Crippen molar-refractivity contribution < 1.29 is 19.2 Å². The number of imide groups is 1. The van der Waals surface area contributed by atoms with Crippen LogP contribution < -0.4 is 16.4 Å². The highest BCUT2D eigenvalue weighted by Gasteiger charge is 2.70. The van der Waals surface area contributed by atoms with Crippen molar-refractivity contribution in [2.24, 2.45) is 17.6 Å². The van der Waals surface area contributed by atoms with E-state index in [0.29, 0.717) is 26.9 Å². The number of anilines is 1. The summed E-state index contributed by atoms with van der Waals surface area (Å²) < 4.78 is 0. The van der Waals surface area contributed by atoms with Crippen LogP contribution in [0.3, 0.4) is 0 Å². The predicted molar refractivity (Wildman–Crippen MR) is 121 cm³/mol. The summed E-state index contributed by atoms with van der Waals surface area (Å²) in [6.45, 7) is -0.00696. The van der Waals surface area contributed by atoms with Gasteiger partial charge >= 0.3 is 0 Å². The quantitative estimate of drug-likeness (QED) is 0.559. The van der Waals surface area contributed by atoms with Crippen molar-refractivity contribution in [1.82, 2.24) is 10.2 Å². The van der Waals surface area contributed by atoms with Gasteiger partial charge in [0, 0.05) is 33.8 Å². The van der Waals surface area contributed by atoms with Crippen molar-refractivity contribution in [2.75, 3.05) is 5.32 Å². The number of carbonyl (C=O) groups excluding carboxylic acids is 4. The van der Waals surface area contributed by atoms with Crippen molar-refractivity contribution in [3.63, 3.8) is 0 Å². The maximum absolute atomic E-state index is 13.7. The lowest BCUT2D eigenvalue weighted by Gasteiger charge is -2.29. The Balaban J connectivity index is 1.60. The lowest BCUT2D eigenvalue weighted by Crippen LogP contribution is -2.53. The Morgan fingerprint density at radius 1 is 1.09 bits per heavy atom. The highest BCUT2D eigenvalue weighted by molar-refractivity contribution is 6.31. The van der Waals surface area contributed by atoms with Crippen LogP contribution in [0.1, 0.15) is 24.0 Å². The van der Waals surface area contributed by atoms with Crippen LogP contribution in [0.15, 0.2) is 42.5 Å². The molecule has 0 saturated carbocycles. The summed E-state index contributed by atoms with van der Waals surface area (Å²) in [4.78, 5) is 53.2. The van der Waals surface area contributed by atoms with E-state index in [4.69, 9.17) is 28.9 Å². The van der Waals surface area contributed by atoms with E-state index in [-0.39, 0.29) is 19.4 Å². The molecule has 2 aromatic rings. The van der Waals surface area contributed by atoms with Crippen LogP contribution in [0, 0.1) is 11.8 Å². The minimum Gasteiger partial charge on any atom is -0.370 e. The molecule has 33 heavy (non-hydrogen) atoms. The first-order chi connectivity index (χ1) is 15.7. The fourth-order valence-corrected chi connectivity index (χ4v) is 5.70. The summed E-state index contributed by atoms with van der Waals surface area (Å²) >= 11 is 12.5. The van der Waals surface area contributed by atoms with Gasteiger partial charge in [-0.25, -0.2) is 0 Å². The molecule has 0 radical (unpaired) electrons. The molecule has 0 aromatic heterocycles. The second kappa shape index (κ2) is 7.83. The Morgan fingerprint density at radius 2 is 1.85 bits per heavy atom. The van der Waals surface area contributed by atoms with E-state index in [1.165, 1.54) is 0 Å². The zero-order chi connectivity index (χ0) is 23.5. The van der Waals surface area contributed by atoms with Crippen LogP contribution in [-0.4, -0.2) is 34.6 Å². The molecule has 2 unspecified atom stereocenters. The predicted octanol–water partition coefficient (Wildman–Crippen LogP) is 2.18. The highest BCUT2D eigenvalue weighted by atomic mass is 35.5. The third-order valence-corrected chi connectivity index (χ3v) is 7.36. The molecule has 5 rings (SSSR count). The van der Waals surface area contributed by atoms with E-state index in [1.54, 1.807) is 42.5 Å². The minimum absolute atomic E-state index is 0.00692. The molecule has 2 fully saturated rings. The smallest absolute Gasteiger partial charge is 0.250 e. The molecule has 8 nitrogen and oxygen atoms in total. The Hall–Kier alpha value is -2.94. The van der Waals surface area contributed by atoms with Crippen LogP contribution in [0.4, 0.5) is 5.69 Å². The molecule has 4 N–H and O–H groups in total. The number of benzene rings is 2. The molecule has 0 bridgehead atoms. The van der Waals surface area contributed by atoms with E-state index in [0.717, 1.165) is 4.90 Å². The Kier molecular flexibility index (Phi) is 5.19. The van der Waals surface area contributed by atoms with Crippen LogP contribution in [0.2, 0.25) is 10.0 Å². The molecule has 3 heterocycles. The normalized spacial score (nSPS) is 27.8. The van der Waals surface area contributed by atoms with Crippen LogP contribution >= 0.6 is 23.2 Å². The first-order valence-corrected chi connectivity index (χ1v) is 11.3. The number of likely N-dealkylation sites (tertiary alicyclic amines) is 1. The van der Waals surface area contributed by atoms with Gasteiger partial charge in [-0.05, 0) is 36.2 Å². The number of hydrogen-bond acceptors (Lipinski definition) is 5. The van der Waals surface area contributed by atoms with Crippen LogP contribution in [-0.2, 0) is 31.3 Å². The van der Waals surface area contributed by atoms with Crippen molar-refractivity contribution in [1.29, 1.82) is 0 Å². The van der Waals surface area contributed by atoms with Crippen LogP contribution in [0.25, 0.3) is 0 Å². The molecule has 3 aliphatic rings. The number of nitrogens with one attached hydrogen (secondary N) is 2. The Bertz CT molecular complexity index is 1220. The van der Waals surface area contributed by atoms with E-state index in [9.17, 15) is 19.2 Å². The molecule has 3 aliphatic heterocycles. The van der Waals surface area contributed by atoms with Gasteiger partial charge in [0.1, 0.15) is 5.54 Å². The fraction of sp³-hybridized carbons (Fsp3) is 0.304. The average molecular weight is 487 g/mol. The number of halogens is 2. The van der Waals surface area contributed by atoms with Crippen molar-refractivity contribution in [3.05, 3.63) is 63.6 Å². The number of carbonyl (C=O) groups is 4. The van der Waals surface area contributed by atoms with Gasteiger partial charge in [0.15, 0.2) is 0 Å². The van der Waals surface area contributed by atoms with Crippen molar-refractivity contribution in [3.8, 4) is 0 Å². The van der Waals surface area contributed by atoms with Gasteiger partial charge in [-0.2, -0.15) is 0 Å². The molecule has 0 aliphatic carbocycles. The summed E-state index contributed by atoms with van der Waals surface area (Å²) in [5.74, 6) is -3.68. The van der Waals surface area contributed by atoms with Crippen molar-refractivity contribution >= 4 is 52.5 Å². The largest absolute Gasteiger partial charge is 0.370 e. The second-order valence-electron chi connectivity index (χ2n) is 8.57. The lowest BCUT2D eigenvalue weighted by molar-refractivity contribution is -0.143. The van der Waals surface area contributed by atoms with Gasteiger partial charge in [-0.3, -0.25) is 29.4 Å². The number of primary amides is 1. The molecule has 10 heteroatoms. The molecule has 2 aromatic carbocycles. The summed E-state index contributed by atoms with van der Waals surface area (Å²) in [7, 11) is 0. The molecule has 170 valence electrons. The maximum Gasteiger partial charge on any atom is 0.250 e. The second-order valence-corrected chi connectivity index (χ2v) is 9.41. The zero-order valence-corrected chi connectivity index (χ0v) is 18.8. The topological polar surface area (TPSA) is 122 Å². The molecule has 4 amide bonds. The van der Waals surface area contributed by atoms with Gasteiger partial charge in [0.25, 0.3) is 0 Å². The monoisotopic (exact) mass is 486 g/mol. The molecular formula is C23H20Cl2N4O4. The first-order valence-electron chi connectivity index (χ1n) is 10.5. The maximum atomic E-state index is 13.7. The number of fused-ring (bicyclic) bond motifs is 4. The number of amides is 4. The number of nitrogens with zero attached hydrogens (tertiary/aromatic N) is 1. The third-order valence-electron chi connectivity index (χ3n) is 6.76. The van der Waals surface area contributed by atoms with Crippen LogP contribution in [0.5, 0.6) is 0 Å². The van der Waals surface area contributed by atoms with E-state index < -0.39 is 47.0 Å². The number of nitrogens with two attached hydrogens (primary N) is 1. The van der Waals surface area contributed by atoms with E-state index in [1.807, 2.05) is 0 Å². The van der Waals surface area contributed by atoms with Gasteiger partial charge in [0.2, 0.25) is 23.6 Å². The SMILES string of the molecule is NC(=O)CCC1NC2(C(=O)Nc3ccc(Cl)cc32)[C@@H]2C(=O)N(Cc3ccccc3Cl)C(=O)[C@H]12. The summed E-state index contributed by atoms with van der Waals surface area (Å²) in [6, 6.07) is 11.3. The first kappa shape index (κ1) is 21.9. The van der Waals surface area contributed by atoms with Gasteiger partial charge < -0.3 is 11.1 Å². The van der Waals surface area contributed by atoms with Gasteiger partial charge in [-0.1, -0.05) is 41.4 Å². The van der Waals surface area contributed by atoms with Gasteiger partial charge in [-0.15, -0.1) is 0 Å². The number of hydrogen-bond donors (Lipinski definition) is 3. The van der Waals surface area contributed by atoms with E-state index >= 15 is 0 Å². The zero-order valence-electron chi connectivity index (χ0n) is 17.3. The summed E-state index contributed by atoms with van der Waals surface area (Å²) in [6.07, 6.45) is 0.216. The Morgan fingerprint density at radius 3 is 2.58 bits per heavy atom. The van der Waals surface area contributed by atoms with Crippen molar-refractivity contribution in [2.45, 2.75) is 31.0 Å². The van der Waals surface area contributed by atoms with Gasteiger partial charge in [0.05, 0.1) is 18.4 Å². The molecular weight excluding hydrogens is 467 g/mol. The Labute approximate surface area is 199 Å². The summed E-state index contributed by atoms with van der Waals surface area (Å²) in [5, 5.41) is 6.88. The average Bonchev–Trinajstić information content (AvgIpc) is 3.34.